The summed E-state index contributed by atoms with van der Waals surface area (Å²) in [6.45, 7) is 4.15. The number of hydrogen-bond acceptors (Lipinski definition) is 3. The summed E-state index contributed by atoms with van der Waals surface area (Å²) in [5, 5.41) is 3.18. The number of carbonyl (C=O) groups is 1. The number of nitrogens with two attached hydrogens (primary N) is 1. The maximum Gasteiger partial charge on any atom is 0.223 e. The fourth-order valence-electron chi connectivity index (χ4n) is 5.30. The van der Waals surface area contributed by atoms with Crippen molar-refractivity contribution in [1.82, 2.24) is 10.2 Å². The molecule has 1 saturated heterocycles. The Kier molecular flexibility index (Phi) is 9.07. The van der Waals surface area contributed by atoms with Crippen LogP contribution in [-0.4, -0.2) is 29.9 Å². The van der Waals surface area contributed by atoms with Gasteiger partial charge < -0.3 is 11.1 Å². The van der Waals surface area contributed by atoms with E-state index in [-0.39, 0.29) is 36.6 Å². The Bertz CT molecular complexity index is 605. The van der Waals surface area contributed by atoms with E-state index in [2.05, 4.69) is 34.5 Å². The Hall–Kier alpha value is -0.810. The van der Waals surface area contributed by atoms with E-state index in [4.69, 9.17) is 5.73 Å². The lowest BCUT2D eigenvalue weighted by atomic mass is 9.65. The highest BCUT2D eigenvalue weighted by molar-refractivity contribution is 5.85. The smallest absolute Gasteiger partial charge is 0.223 e. The van der Waals surface area contributed by atoms with Crippen molar-refractivity contribution in [3.8, 4) is 0 Å². The van der Waals surface area contributed by atoms with Crippen molar-refractivity contribution in [2.45, 2.75) is 64.1 Å². The van der Waals surface area contributed by atoms with Gasteiger partial charge in [0.15, 0.2) is 0 Å². The van der Waals surface area contributed by atoms with E-state index >= 15 is 0 Å². The molecule has 2 aliphatic carbocycles. The van der Waals surface area contributed by atoms with E-state index in [1.54, 1.807) is 0 Å². The van der Waals surface area contributed by atoms with E-state index in [0.717, 1.165) is 19.4 Å². The number of fused-ring (bicyclic) bond motifs is 2. The van der Waals surface area contributed by atoms with E-state index in [0.29, 0.717) is 24.4 Å². The summed E-state index contributed by atoms with van der Waals surface area (Å²) in [7, 11) is 0. The minimum absolute atomic E-state index is 0. The molecule has 2 atom stereocenters. The summed E-state index contributed by atoms with van der Waals surface area (Å²) in [5.41, 5.74) is 8.91. The molecular formula is C22H35Cl2N3O. The molecule has 158 valence electrons. The molecule has 4 rings (SSSR count). The molecule has 4 nitrogen and oxygen atoms in total. The van der Waals surface area contributed by atoms with Crippen LogP contribution in [0.1, 0.15) is 56.1 Å². The van der Waals surface area contributed by atoms with E-state index in [1.807, 2.05) is 0 Å². The quantitative estimate of drug-likeness (QED) is 0.748. The molecule has 1 heterocycles. The largest absolute Gasteiger partial charge is 0.352 e. The van der Waals surface area contributed by atoms with Gasteiger partial charge in [0.2, 0.25) is 5.91 Å². The third-order valence-electron chi connectivity index (χ3n) is 6.88. The Morgan fingerprint density at radius 1 is 0.964 bits per heavy atom. The Morgan fingerprint density at radius 3 is 2.14 bits per heavy atom. The molecule has 3 aliphatic rings. The maximum absolute atomic E-state index is 12.6. The molecule has 1 aromatic rings. The average molecular weight is 428 g/mol. The van der Waals surface area contributed by atoms with Crippen molar-refractivity contribution >= 4 is 30.7 Å². The number of likely N-dealkylation sites (tertiary alicyclic amines) is 1. The lowest BCUT2D eigenvalue weighted by Crippen LogP contribution is -2.49. The van der Waals surface area contributed by atoms with Gasteiger partial charge in [-0.2, -0.15) is 0 Å². The SMILES string of the molecule is Cl.Cl.NC1C2CCCC1CC(C(=O)NCc1ccc(CN3CCCC3)cc1)C2. The molecule has 1 aromatic carbocycles. The molecule has 6 heteroatoms. The highest BCUT2D eigenvalue weighted by atomic mass is 35.5. The second-order valence-corrected chi connectivity index (χ2v) is 8.71. The Balaban J connectivity index is 0.00000140. The summed E-state index contributed by atoms with van der Waals surface area (Å²) in [6.07, 6.45) is 8.34. The van der Waals surface area contributed by atoms with E-state index in [1.165, 1.54) is 56.3 Å². The van der Waals surface area contributed by atoms with Gasteiger partial charge >= 0.3 is 0 Å². The molecule has 3 fully saturated rings. The van der Waals surface area contributed by atoms with Crippen molar-refractivity contribution in [3.05, 3.63) is 35.4 Å². The van der Waals surface area contributed by atoms with Crippen molar-refractivity contribution in [1.29, 1.82) is 0 Å². The number of halogens is 2. The maximum atomic E-state index is 12.6. The van der Waals surface area contributed by atoms with E-state index < -0.39 is 0 Å². The van der Waals surface area contributed by atoms with Crippen molar-refractivity contribution in [2.24, 2.45) is 23.5 Å². The first kappa shape index (κ1) is 23.5. The van der Waals surface area contributed by atoms with Crippen molar-refractivity contribution in [2.75, 3.05) is 13.1 Å². The minimum atomic E-state index is 0. The third-order valence-corrected chi connectivity index (χ3v) is 6.88. The van der Waals surface area contributed by atoms with E-state index in [9.17, 15) is 4.79 Å². The van der Waals surface area contributed by atoms with Crippen LogP contribution in [0.25, 0.3) is 0 Å². The summed E-state index contributed by atoms with van der Waals surface area (Å²) < 4.78 is 0. The molecule has 0 spiro atoms. The molecule has 28 heavy (non-hydrogen) atoms. The predicted molar refractivity (Wildman–Crippen MR) is 119 cm³/mol. The van der Waals surface area contributed by atoms with Gasteiger partial charge in [-0.05, 0) is 74.6 Å². The monoisotopic (exact) mass is 427 g/mol. The molecule has 2 bridgehead atoms. The molecule has 2 unspecified atom stereocenters. The van der Waals surface area contributed by atoms with Gasteiger partial charge in [-0.1, -0.05) is 30.7 Å². The zero-order valence-corrected chi connectivity index (χ0v) is 18.3. The number of nitrogens with zero attached hydrogens (tertiary/aromatic N) is 1. The normalized spacial score (nSPS) is 29.5. The molecular weight excluding hydrogens is 393 g/mol. The van der Waals surface area contributed by atoms with Crippen LogP contribution >= 0.6 is 24.8 Å². The number of benzene rings is 1. The molecule has 1 amide bonds. The molecule has 0 radical (unpaired) electrons. The van der Waals surface area contributed by atoms with Gasteiger partial charge in [-0.15, -0.1) is 24.8 Å². The molecule has 0 aromatic heterocycles. The number of hydrogen-bond donors (Lipinski definition) is 2. The highest BCUT2D eigenvalue weighted by Gasteiger charge is 2.40. The van der Waals surface area contributed by atoms with Gasteiger partial charge in [0.25, 0.3) is 0 Å². The lowest BCUT2D eigenvalue weighted by molar-refractivity contribution is -0.128. The number of amides is 1. The summed E-state index contributed by atoms with van der Waals surface area (Å²) in [4.78, 5) is 15.2. The first-order chi connectivity index (χ1) is 12.7. The van der Waals surface area contributed by atoms with Gasteiger partial charge in [0, 0.05) is 25.0 Å². The van der Waals surface area contributed by atoms with Crippen LogP contribution in [0, 0.1) is 17.8 Å². The van der Waals surface area contributed by atoms with Crippen LogP contribution in [0.15, 0.2) is 24.3 Å². The van der Waals surface area contributed by atoms with Crippen molar-refractivity contribution in [3.63, 3.8) is 0 Å². The topological polar surface area (TPSA) is 58.4 Å². The van der Waals surface area contributed by atoms with Gasteiger partial charge in [0.1, 0.15) is 0 Å². The van der Waals surface area contributed by atoms with Crippen LogP contribution in [0.4, 0.5) is 0 Å². The van der Waals surface area contributed by atoms with Crippen LogP contribution in [-0.2, 0) is 17.9 Å². The number of nitrogens with one attached hydrogen (secondary N) is 1. The van der Waals surface area contributed by atoms with Gasteiger partial charge in [0.05, 0.1) is 0 Å². The Morgan fingerprint density at radius 2 is 1.54 bits per heavy atom. The zero-order chi connectivity index (χ0) is 17.9. The van der Waals surface area contributed by atoms with Crippen LogP contribution in [0.2, 0.25) is 0 Å². The van der Waals surface area contributed by atoms with Crippen LogP contribution in [0.3, 0.4) is 0 Å². The summed E-state index contributed by atoms with van der Waals surface area (Å²) >= 11 is 0. The molecule has 1 aliphatic heterocycles. The second-order valence-electron chi connectivity index (χ2n) is 8.71. The molecule has 3 N–H and O–H groups in total. The fourth-order valence-corrected chi connectivity index (χ4v) is 5.30. The highest BCUT2D eigenvalue weighted by Crippen LogP contribution is 2.41. The first-order valence-electron chi connectivity index (χ1n) is 10.5. The standard InChI is InChI=1S/C22H33N3O.2ClH/c23-21-18-4-3-5-19(21)13-20(12-18)22(26)24-14-16-6-8-17(9-7-16)15-25-10-1-2-11-25;;/h6-9,18-21H,1-5,10-15,23H2,(H,24,26);2*1H. The lowest BCUT2D eigenvalue weighted by Gasteiger charge is -2.43. The summed E-state index contributed by atoms with van der Waals surface area (Å²) in [6, 6.07) is 9.08. The van der Waals surface area contributed by atoms with Gasteiger partial charge in [-0.3, -0.25) is 9.69 Å². The average Bonchev–Trinajstić information content (AvgIpc) is 3.14. The van der Waals surface area contributed by atoms with Crippen LogP contribution < -0.4 is 11.1 Å². The van der Waals surface area contributed by atoms with Crippen molar-refractivity contribution < 1.29 is 4.79 Å². The predicted octanol–water partition coefficient (Wildman–Crippen LogP) is 3.90. The number of rotatable bonds is 5. The number of carbonyl (C=O) groups excluding carboxylic acids is 1. The fraction of sp³-hybridized carbons (Fsp3) is 0.682. The first-order valence-corrected chi connectivity index (χ1v) is 10.5. The van der Waals surface area contributed by atoms with Gasteiger partial charge in [-0.25, -0.2) is 0 Å². The van der Waals surface area contributed by atoms with Crippen LogP contribution in [0.5, 0.6) is 0 Å². The third kappa shape index (κ3) is 5.63. The zero-order valence-electron chi connectivity index (χ0n) is 16.6. The minimum Gasteiger partial charge on any atom is -0.352 e. The second kappa shape index (κ2) is 10.8. The Labute approximate surface area is 181 Å². The summed E-state index contributed by atoms with van der Waals surface area (Å²) in [5.74, 6) is 1.51. The molecule has 2 saturated carbocycles.